The highest BCUT2D eigenvalue weighted by Gasteiger charge is 1.90. The van der Waals surface area contributed by atoms with Crippen molar-refractivity contribution in [1.29, 1.82) is 0 Å². The molecule has 0 saturated heterocycles. The van der Waals surface area contributed by atoms with E-state index in [4.69, 9.17) is 11.6 Å². The lowest BCUT2D eigenvalue weighted by molar-refractivity contribution is 0.799. The first-order valence-corrected chi connectivity index (χ1v) is 4.40. The van der Waals surface area contributed by atoms with Crippen molar-refractivity contribution in [3.63, 3.8) is 0 Å². The normalized spacial score (nSPS) is 10.0. The van der Waals surface area contributed by atoms with Gasteiger partial charge >= 0.3 is 0 Å². The predicted octanol–water partition coefficient (Wildman–Crippen LogP) is 2.32. The SMILES string of the molecule is SCNCc1ccc(Cl)cc1. The van der Waals surface area contributed by atoms with Crippen molar-refractivity contribution in [2.45, 2.75) is 6.54 Å². The molecule has 0 atom stereocenters. The van der Waals surface area contributed by atoms with Gasteiger partial charge in [-0.15, -0.1) is 0 Å². The van der Waals surface area contributed by atoms with Gasteiger partial charge in [0.25, 0.3) is 0 Å². The van der Waals surface area contributed by atoms with Gasteiger partial charge in [0.05, 0.1) is 0 Å². The van der Waals surface area contributed by atoms with Gasteiger partial charge < -0.3 is 5.32 Å². The van der Waals surface area contributed by atoms with Gasteiger partial charge in [0.1, 0.15) is 0 Å². The lowest BCUT2D eigenvalue weighted by atomic mass is 10.2. The van der Waals surface area contributed by atoms with Crippen molar-refractivity contribution in [2.24, 2.45) is 0 Å². The van der Waals surface area contributed by atoms with Crippen LogP contribution in [0.25, 0.3) is 0 Å². The molecule has 0 saturated carbocycles. The van der Waals surface area contributed by atoms with E-state index < -0.39 is 0 Å². The molecular formula is C8H10ClNS. The Balaban J connectivity index is 2.52. The van der Waals surface area contributed by atoms with E-state index in [1.807, 2.05) is 24.3 Å². The summed E-state index contributed by atoms with van der Waals surface area (Å²) in [5.74, 6) is 0.697. The van der Waals surface area contributed by atoms with Gasteiger partial charge in [-0.05, 0) is 17.7 Å². The van der Waals surface area contributed by atoms with Crippen LogP contribution in [-0.4, -0.2) is 5.88 Å². The summed E-state index contributed by atoms with van der Waals surface area (Å²) in [6.07, 6.45) is 0. The van der Waals surface area contributed by atoms with E-state index >= 15 is 0 Å². The van der Waals surface area contributed by atoms with E-state index in [9.17, 15) is 0 Å². The van der Waals surface area contributed by atoms with Crippen LogP contribution in [0.3, 0.4) is 0 Å². The molecule has 11 heavy (non-hydrogen) atoms. The molecule has 0 radical (unpaired) electrons. The fourth-order valence-electron chi connectivity index (χ4n) is 0.802. The van der Waals surface area contributed by atoms with Crippen molar-refractivity contribution in [1.82, 2.24) is 5.32 Å². The minimum atomic E-state index is 0.697. The Morgan fingerprint density at radius 1 is 1.27 bits per heavy atom. The first-order chi connectivity index (χ1) is 5.33. The van der Waals surface area contributed by atoms with E-state index in [-0.39, 0.29) is 0 Å². The van der Waals surface area contributed by atoms with Crippen LogP contribution < -0.4 is 5.32 Å². The number of nitrogens with one attached hydrogen (secondary N) is 1. The van der Waals surface area contributed by atoms with E-state index in [1.165, 1.54) is 5.56 Å². The fraction of sp³-hybridized carbons (Fsp3) is 0.250. The van der Waals surface area contributed by atoms with E-state index in [0.29, 0.717) is 5.88 Å². The van der Waals surface area contributed by atoms with Crippen molar-refractivity contribution in [3.8, 4) is 0 Å². The zero-order valence-electron chi connectivity index (χ0n) is 6.05. The Bertz CT molecular complexity index is 210. The van der Waals surface area contributed by atoms with Crippen LogP contribution >= 0.6 is 24.2 Å². The lowest BCUT2D eigenvalue weighted by Crippen LogP contribution is -2.09. The fourth-order valence-corrected chi connectivity index (χ4v) is 1.04. The van der Waals surface area contributed by atoms with Gasteiger partial charge in [0.2, 0.25) is 0 Å². The minimum absolute atomic E-state index is 0.697. The smallest absolute Gasteiger partial charge is 0.0406 e. The molecule has 1 aromatic carbocycles. The number of benzene rings is 1. The maximum absolute atomic E-state index is 5.71. The van der Waals surface area contributed by atoms with Crippen LogP contribution in [0.2, 0.25) is 5.02 Å². The van der Waals surface area contributed by atoms with Crippen LogP contribution in [-0.2, 0) is 6.54 Å². The molecule has 1 rings (SSSR count). The molecule has 60 valence electrons. The summed E-state index contributed by atoms with van der Waals surface area (Å²) in [5.41, 5.74) is 1.23. The van der Waals surface area contributed by atoms with E-state index in [2.05, 4.69) is 17.9 Å². The van der Waals surface area contributed by atoms with Gasteiger partial charge in [-0.3, -0.25) is 0 Å². The second kappa shape index (κ2) is 4.65. The second-order valence-corrected chi connectivity index (χ2v) is 2.96. The standard InChI is InChI=1S/C8H10ClNS/c9-8-3-1-7(2-4-8)5-10-6-11/h1-4,10-11H,5-6H2. The molecule has 3 heteroatoms. The molecular weight excluding hydrogens is 178 g/mol. The number of thiol groups is 1. The molecule has 0 aromatic heterocycles. The molecule has 0 amide bonds. The zero-order chi connectivity index (χ0) is 8.10. The summed E-state index contributed by atoms with van der Waals surface area (Å²) < 4.78 is 0. The second-order valence-electron chi connectivity index (χ2n) is 2.21. The third kappa shape index (κ3) is 3.14. The Morgan fingerprint density at radius 2 is 1.91 bits per heavy atom. The average molecular weight is 188 g/mol. The Hall–Kier alpha value is -0.180. The molecule has 1 N–H and O–H groups in total. The molecule has 0 heterocycles. The molecule has 0 aliphatic heterocycles. The summed E-state index contributed by atoms with van der Waals surface area (Å²) in [6, 6.07) is 7.77. The van der Waals surface area contributed by atoms with Gasteiger partial charge in [-0.1, -0.05) is 23.7 Å². The third-order valence-electron chi connectivity index (χ3n) is 1.35. The van der Waals surface area contributed by atoms with E-state index in [0.717, 1.165) is 11.6 Å². The first-order valence-electron chi connectivity index (χ1n) is 3.39. The highest BCUT2D eigenvalue weighted by molar-refractivity contribution is 7.80. The maximum atomic E-state index is 5.71. The van der Waals surface area contributed by atoms with Crippen LogP contribution in [0.15, 0.2) is 24.3 Å². The number of rotatable bonds is 3. The van der Waals surface area contributed by atoms with Crippen molar-refractivity contribution in [2.75, 3.05) is 5.88 Å². The van der Waals surface area contributed by atoms with Crippen molar-refractivity contribution in [3.05, 3.63) is 34.9 Å². The summed E-state index contributed by atoms with van der Waals surface area (Å²) in [7, 11) is 0. The highest BCUT2D eigenvalue weighted by Crippen LogP contribution is 2.08. The van der Waals surface area contributed by atoms with Crippen LogP contribution in [0.4, 0.5) is 0 Å². The van der Waals surface area contributed by atoms with Crippen molar-refractivity contribution < 1.29 is 0 Å². The zero-order valence-corrected chi connectivity index (χ0v) is 7.70. The summed E-state index contributed by atoms with van der Waals surface area (Å²) in [6.45, 7) is 0.848. The van der Waals surface area contributed by atoms with Gasteiger partial charge in [-0.25, -0.2) is 0 Å². The molecule has 0 aliphatic carbocycles. The number of hydrogen-bond acceptors (Lipinski definition) is 2. The quantitative estimate of drug-likeness (QED) is 0.547. The van der Waals surface area contributed by atoms with Gasteiger partial charge in [0, 0.05) is 17.4 Å². The summed E-state index contributed by atoms with van der Waals surface area (Å²) in [5, 5.41) is 3.88. The minimum Gasteiger partial charge on any atom is -0.304 e. The van der Waals surface area contributed by atoms with Crippen LogP contribution in [0, 0.1) is 0 Å². The molecule has 0 aliphatic rings. The van der Waals surface area contributed by atoms with Crippen LogP contribution in [0.1, 0.15) is 5.56 Å². The number of hydrogen-bond donors (Lipinski definition) is 2. The summed E-state index contributed by atoms with van der Waals surface area (Å²) >= 11 is 9.74. The highest BCUT2D eigenvalue weighted by atomic mass is 35.5. The molecule has 0 fully saturated rings. The molecule has 1 nitrogen and oxygen atoms in total. The largest absolute Gasteiger partial charge is 0.304 e. The lowest BCUT2D eigenvalue weighted by Gasteiger charge is -2.00. The summed E-state index contributed by atoms with van der Waals surface area (Å²) in [4.78, 5) is 0. The Labute approximate surface area is 77.2 Å². The van der Waals surface area contributed by atoms with Crippen LogP contribution in [0.5, 0.6) is 0 Å². The van der Waals surface area contributed by atoms with Gasteiger partial charge in [-0.2, -0.15) is 12.6 Å². The monoisotopic (exact) mass is 187 g/mol. The molecule has 0 spiro atoms. The van der Waals surface area contributed by atoms with E-state index in [1.54, 1.807) is 0 Å². The molecule has 0 unspecified atom stereocenters. The predicted molar refractivity (Wildman–Crippen MR) is 52.1 cm³/mol. The van der Waals surface area contributed by atoms with Crippen molar-refractivity contribution >= 4 is 24.2 Å². The van der Waals surface area contributed by atoms with Gasteiger partial charge in [0.15, 0.2) is 0 Å². The average Bonchev–Trinajstić information content (AvgIpc) is 2.04. The Kier molecular flexibility index (Phi) is 3.77. The molecule has 0 bridgehead atoms. The number of halogens is 1. The Morgan fingerprint density at radius 3 is 2.45 bits per heavy atom. The molecule has 1 aromatic rings. The maximum Gasteiger partial charge on any atom is 0.0406 e. The topological polar surface area (TPSA) is 12.0 Å². The third-order valence-corrected chi connectivity index (χ3v) is 1.83. The first kappa shape index (κ1) is 8.91.